The summed E-state index contributed by atoms with van der Waals surface area (Å²) in [6, 6.07) is 1.55. The van der Waals surface area contributed by atoms with Crippen LogP contribution in [0.4, 0.5) is 13.2 Å². The van der Waals surface area contributed by atoms with Crippen LogP contribution in [0, 0.1) is 45.1 Å². The molecular formula is C19H20F3NO2. The number of carboxylic acids is 1. The second-order valence-electron chi connectivity index (χ2n) is 6.31. The molecule has 2 aromatic rings. The molecule has 3 N–H and O–H groups in total. The van der Waals surface area contributed by atoms with Gasteiger partial charge in [-0.05, 0) is 61.6 Å². The normalized spacial score (nSPS) is 12.3. The zero-order chi connectivity index (χ0) is 19.0. The monoisotopic (exact) mass is 351 g/mol. The molecule has 0 spiro atoms. The van der Waals surface area contributed by atoms with E-state index in [1.54, 1.807) is 19.9 Å². The molecule has 0 saturated heterocycles. The van der Waals surface area contributed by atoms with Crippen LogP contribution in [-0.2, 0) is 4.79 Å². The molecule has 2 aromatic carbocycles. The molecule has 0 heterocycles. The van der Waals surface area contributed by atoms with Crippen LogP contribution < -0.4 is 5.73 Å². The van der Waals surface area contributed by atoms with Crippen molar-refractivity contribution >= 4 is 5.97 Å². The highest BCUT2D eigenvalue weighted by Gasteiger charge is 2.26. The highest BCUT2D eigenvalue weighted by atomic mass is 19.1. The Labute approximate surface area is 144 Å². The Morgan fingerprint density at radius 2 is 1.56 bits per heavy atom. The van der Waals surface area contributed by atoms with Crippen molar-refractivity contribution in [2.75, 3.05) is 0 Å². The molecule has 0 bridgehead atoms. The first kappa shape index (κ1) is 19.0. The summed E-state index contributed by atoms with van der Waals surface area (Å²) in [5.41, 5.74) is 7.00. The van der Waals surface area contributed by atoms with Crippen LogP contribution in [-0.4, -0.2) is 11.1 Å². The van der Waals surface area contributed by atoms with E-state index < -0.39 is 41.4 Å². The summed E-state index contributed by atoms with van der Waals surface area (Å²) in [7, 11) is 0. The lowest BCUT2D eigenvalue weighted by atomic mass is 9.89. The summed E-state index contributed by atoms with van der Waals surface area (Å²) in [5, 5.41) is 8.86. The molecule has 3 nitrogen and oxygen atoms in total. The highest BCUT2D eigenvalue weighted by Crippen LogP contribution is 2.37. The molecule has 25 heavy (non-hydrogen) atoms. The molecule has 0 fully saturated rings. The Bertz CT molecular complexity index is 863. The van der Waals surface area contributed by atoms with Gasteiger partial charge in [0.25, 0.3) is 0 Å². The third-order valence-corrected chi connectivity index (χ3v) is 4.33. The third-order valence-electron chi connectivity index (χ3n) is 4.33. The molecule has 134 valence electrons. The number of aryl methyl sites for hydroxylation is 3. The Morgan fingerprint density at radius 3 is 2.12 bits per heavy atom. The van der Waals surface area contributed by atoms with Crippen molar-refractivity contribution in [2.24, 2.45) is 5.73 Å². The van der Waals surface area contributed by atoms with Gasteiger partial charge in [0, 0.05) is 17.2 Å². The van der Waals surface area contributed by atoms with Crippen molar-refractivity contribution in [1.82, 2.24) is 0 Å². The number of nitrogens with two attached hydrogens (primary N) is 1. The van der Waals surface area contributed by atoms with Crippen LogP contribution >= 0.6 is 0 Å². The molecule has 0 amide bonds. The number of hydrogen-bond acceptors (Lipinski definition) is 2. The van der Waals surface area contributed by atoms with Crippen LogP contribution in [0.15, 0.2) is 12.1 Å². The van der Waals surface area contributed by atoms with Gasteiger partial charge in [-0.1, -0.05) is 6.07 Å². The predicted octanol–water partition coefficient (Wildman–Crippen LogP) is 4.48. The van der Waals surface area contributed by atoms with E-state index in [1.807, 2.05) is 0 Å². The Morgan fingerprint density at radius 1 is 1.00 bits per heavy atom. The summed E-state index contributed by atoms with van der Waals surface area (Å²) in [6.07, 6.45) is -0.614. The summed E-state index contributed by atoms with van der Waals surface area (Å²) < 4.78 is 43.8. The van der Waals surface area contributed by atoms with Gasteiger partial charge in [-0.15, -0.1) is 0 Å². The number of carbonyl (C=O) groups is 1. The van der Waals surface area contributed by atoms with E-state index in [4.69, 9.17) is 10.8 Å². The van der Waals surface area contributed by atoms with Crippen molar-refractivity contribution in [3.05, 3.63) is 57.4 Å². The minimum atomic E-state index is -1.34. The minimum Gasteiger partial charge on any atom is -0.481 e. The van der Waals surface area contributed by atoms with Gasteiger partial charge in [0.05, 0.1) is 6.42 Å². The molecule has 1 atom stereocenters. The summed E-state index contributed by atoms with van der Waals surface area (Å²) in [4.78, 5) is 10.9. The van der Waals surface area contributed by atoms with Gasteiger partial charge in [0.2, 0.25) is 0 Å². The van der Waals surface area contributed by atoms with Gasteiger partial charge >= 0.3 is 5.97 Å². The molecule has 6 heteroatoms. The number of aliphatic carboxylic acids is 1. The van der Waals surface area contributed by atoms with E-state index >= 15 is 4.39 Å². The van der Waals surface area contributed by atoms with Crippen LogP contribution in [0.25, 0.3) is 11.1 Å². The van der Waals surface area contributed by atoms with Gasteiger partial charge in [-0.3, -0.25) is 4.79 Å². The lowest BCUT2D eigenvalue weighted by Crippen LogP contribution is -2.19. The predicted molar refractivity (Wildman–Crippen MR) is 89.9 cm³/mol. The molecule has 1 unspecified atom stereocenters. The minimum absolute atomic E-state index is 0.0173. The molecule has 0 radical (unpaired) electrons. The summed E-state index contributed by atoms with van der Waals surface area (Å²) in [5.74, 6) is -3.55. The van der Waals surface area contributed by atoms with Gasteiger partial charge in [-0.2, -0.15) is 0 Å². The van der Waals surface area contributed by atoms with Crippen molar-refractivity contribution in [2.45, 2.75) is 40.2 Å². The van der Waals surface area contributed by atoms with Gasteiger partial charge < -0.3 is 10.8 Å². The standard InChI is InChI=1S/C19H20F3NO2/c1-8-5-9(2)17(20)11(4)15(8)12-6-10(3)18(21)16(19(12)22)13(23)7-14(24)25/h5-6,13H,7,23H2,1-4H3,(H,24,25). The van der Waals surface area contributed by atoms with E-state index in [2.05, 4.69) is 0 Å². The van der Waals surface area contributed by atoms with E-state index in [-0.39, 0.29) is 16.7 Å². The van der Waals surface area contributed by atoms with E-state index in [1.165, 1.54) is 19.9 Å². The Kier molecular flexibility index (Phi) is 5.23. The largest absolute Gasteiger partial charge is 0.481 e. The number of carboxylic acid groups (broad SMARTS) is 1. The van der Waals surface area contributed by atoms with Crippen LogP contribution in [0.2, 0.25) is 0 Å². The maximum absolute atomic E-state index is 15.1. The van der Waals surface area contributed by atoms with Crippen LogP contribution in [0.3, 0.4) is 0 Å². The summed E-state index contributed by atoms with van der Waals surface area (Å²) >= 11 is 0. The average Bonchev–Trinajstić information content (AvgIpc) is 2.49. The average molecular weight is 351 g/mol. The molecular weight excluding hydrogens is 331 g/mol. The first-order valence-electron chi connectivity index (χ1n) is 7.78. The fourth-order valence-corrected chi connectivity index (χ4v) is 3.17. The van der Waals surface area contributed by atoms with Gasteiger partial charge in [-0.25, -0.2) is 13.2 Å². The zero-order valence-corrected chi connectivity index (χ0v) is 14.5. The quantitative estimate of drug-likeness (QED) is 0.854. The molecule has 0 aliphatic carbocycles. The van der Waals surface area contributed by atoms with Crippen molar-refractivity contribution in [3.63, 3.8) is 0 Å². The lowest BCUT2D eigenvalue weighted by molar-refractivity contribution is -0.137. The SMILES string of the molecule is Cc1cc(C)c(-c2cc(C)c(F)c(C(N)CC(=O)O)c2F)c(C)c1F. The number of hydrogen-bond donors (Lipinski definition) is 2. The lowest BCUT2D eigenvalue weighted by Gasteiger charge is -2.19. The number of benzene rings is 2. The van der Waals surface area contributed by atoms with Crippen molar-refractivity contribution < 1.29 is 23.1 Å². The van der Waals surface area contributed by atoms with E-state index in [0.29, 0.717) is 16.7 Å². The first-order valence-corrected chi connectivity index (χ1v) is 7.78. The van der Waals surface area contributed by atoms with Crippen LogP contribution in [0.5, 0.6) is 0 Å². The number of rotatable bonds is 4. The second kappa shape index (κ2) is 6.88. The molecule has 0 aliphatic heterocycles. The third kappa shape index (κ3) is 3.39. The Hall–Kier alpha value is -2.34. The molecule has 2 rings (SSSR count). The summed E-state index contributed by atoms with van der Waals surface area (Å²) in [6.45, 7) is 6.29. The first-order chi connectivity index (χ1) is 11.6. The van der Waals surface area contributed by atoms with Crippen molar-refractivity contribution in [1.29, 1.82) is 0 Å². The molecule has 0 aliphatic rings. The molecule has 0 saturated carbocycles. The topological polar surface area (TPSA) is 63.3 Å². The molecule has 0 aromatic heterocycles. The fraction of sp³-hybridized carbons (Fsp3) is 0.316. The van der Waals surface area contributed by atoms with Gasteiger partial charge in [0.1, 0.15) is 17.5 Å². The maximum Gasteiger partial charge on any atom is 0.305 e. The smallest absolute Gasteiger partial charge is 0.305 e. The van der Waals surface area contributed by atoms with E-state index in [0.717, 1.165) is 0 Å². The second-order valence-corrected chi connectivity index (χ2v) is 6.31. The van der Waals surface area contributed by atoms with Crippen molar-refractivity contribution in [3.8, 4) is 11.1 Å². The number of halogens is 3. The Balaban J connectivity index is 2.80. The zero-order valence-electron chi connectivity index (χ0n) is 14.5. The van der Waals surface area contributed by atoms with E-state index in [9.17, 15) is 13.6 Å². The highest BCUT2D eigenvalue weighted by molar-refractivity contribution is 5.74. The fourth-order valence-electron chi connectivity index (χ4n) is 3.17. The van der Waals surface area contributed by atoms with Gasteiger partial charge in [0.15, 0.2) is 0 Å². The maximum atomic E-state index is 15.1. The van der Waals surface area contributed by atoms with Crippen LogP contribution in [0.1, 0.15) is 40.3 Å².